The number of amides is 2. The van der Waals surface area contributed by atoms with E-state index in [-0.39, 0.29) is 18.2 Å². The van der Waals surface area contributed by atoms with E-state index < -0.39 is 18.1 Å². The maximum atomic E-state index is 12.7. The van der Waals surface area contributed by atoms with E-state index in [9.17, 15) is 14.4 Å². The fraction of sp³-hybridized carbons (Fsp3) is 0.400. The van der Waals surface area contributed by atoms with Crippen molar-refractivity contribution in [2.75, 3.05) is 26.2 Å². The van der Waals surface area contributed by atoms with Gasteiger partial charge in [-0.3, -0.25) is 19.3 Å². The van der Waals surface area contributed by atoms with Crippen molar-refractivity contribution in [1.82, 2.24) is 15.1 Å². The molecule has 0 spiro atoms. The highest BCUT2D eigenvalue weighted by Gasteiger charge is 2.27. The number of hydrogen-bond acceptors (Lipinski definition) is 5. The number of nitrogens with one attached hydrogen (secondary N) is 1. The number of esters is 1. The van der Waals surface area contributed by atoms with Crippen LogP contribution in [0.3, 0.4) is 0 Å². The molecule has 1 heterocycles. The molecule has 7 nitrogen and oxygen atoms in total. The van der Waals surface area contributed by atoms with Gasteiger partial charge in [-0.15, -0.1) is 0 Å². The molecule has 0 radical (unpaired) electrons. The first kappa shape index (κ1) is 23.5. The average Bonchev–Trinajstić information content (AvgIpc) is 2.80. The van der Waals surface area contributed by atoms with E-state index >= 15 is 0 Å². The van der Waals surface area contributed by atoms with Crippen molar-refractivity contribution in [1.29, 1.82) is 0 Å². The number of piperazine rings is 1. The van der Waals surface area contributed by atoms with E-state index in [0.29, 0.717) is 18.7 Å². The molecule has 2 atom stereocenters. The van der Waals surface area contributed by atoms with Crippen molar-refractivity contribution in [3.8, 4) is 0 Å². The van der Waals surface area contributed by atoms with Gasteiger partial charge in [0.1, 0.15) is 0 Å². The molecule has 2 unspecified atom stereocenters. The fourth-order valence-electron chi connectivity index (χ4n) is 3.72. The summed E-state index contributed by atoms with van der Waals surface area (Å²) in [5, 5.41) is 2.78. The van der Waals surface area contributed by atoms with Gasteiger partial charge in [0.15, 0.2) is 6.10 Å². The van der Waals surface area contributed by atoms with Crippen LogP contribution in [0.2, 0.25) is 0 Å². The van der Waals surface area contributed by atoms with Crippen molar-refractivity contribution >= 4 is 17.8 Å². The standard InChI is InChI=1S/C25H31N3O4/c1-19(26-24(30)22-11-7-4-8-12-22)17-23(29)32-20(2)25(31)28-15-13-27(14-16-28)18-21-9-5-3-6-10-21/h3-12,19-20H,13-18H2,1-2H3,(H,26,30). The average molecular weight is 438 g/mol. The molecule has 2 amide bonds. The summed E-state index contributed by atoms with van der Waals surface area (Å²) in [6.45, 7) is 6.98. The molecule has 0 saturated carbocycles. The van der Waals surface area contributed by atoms with Crippen LogP contribution in [0, 0.1) is 0 Å². The van der Waals surface area contributed by atoms with Crippen LogP contribution < -0.4 is 5.32 Å². The lowest BCUT2D eigenvalue weighted by Gasteiger charge is -2.35. The molecule has 0 bridgehead atoms. The quantitative estimate of drug-likeness (QED) is 0.642. The number of ether oxygens (including phenoxy) is 1. The number of benzene rings is 2. The van der Waals surface area contributed by atoms with E-state index in [4.69, 9.17) is 4.74 Å². The number of hydrogen-bond donors (Lipinski definition) is 1. The Bertz CT molecular complexity index is 896. The summed E-state index contributed by atoms with van der Waals surface area (Å²) in [6, 6.07) is 18.7. The Labute approximate surface area is 189 Å². The van der Waals surface area contributed by atoms with Crippen LogP contribution in [0.4, 0.5) is 0 Å². The predicted molar refractivity (Wildman–Crippen MR) is 122 cm³/mol. The van der Waals surface area contributed by atoms with Gasteiger partial charge in [0, 0.05) is 44.3 Å². The van der Waals surface area contributed by atoms with Crippen LogP contribution in [0.1, 0.15) is 36.2 Å². The summed E-state index contributed by atoms with van der Waals surface area (Å²) >= 11 is 0. The molecule has 170 valence electrons. The third-order valence-electron chi connectivity index (χ3n) is 5.48. The van der Waals surface area contributed by atoms with Gasteiger partial charge in [-0.1, -0.05) is 48.5 Å². The van der Waals surface area contributed by atoms with Crippen molar-refractivity contribution in [2.24, 2.45) is 0 Å². The molecule has 0 aromatic heterocycles. The van der Waals surface area contributed by atoms with E-state index in [2.05, 4.69) is 22.3 Å². The highest BCUT2D eigenvalue weighted by atomic mass is 16.5. The molecule has 1 N–H and O–H groups in total. The van der Waals surface area contributed by atoms with Crippen molar-refractivity contribution < 1.29 is 19.1 Å². The third-order valence-corrected chi connectivity index (χ3v) is 5.48. The summed E-state index contributed by atoms with van der Waals surface area (Å²) in [4.78, 5) is 41.2. The Morgan fingerprint density at radius 3 is 2.12 bits per heavy atom. The lowest BCUT2D eigenvalue weighted by Crippen LogP contribution is -2.51. The van der Waals surface area contributed by atoms with E-state index in [1.807, 2.05) is 24.3 Å². The SMILES string of the molecule is CC(CC(=O)OC(C)C(=O)N1CCN(Cc2ccccc2)CC1)NC(=O)c1ccccc1. The largest absolute Gasteiger partial charge is 0.452 e. The van der Waals surface area contributed by atoms with E-state index in [1.54, 1.807) is 43.0 Å². The number of carbonyl (C=O) groups excluding carboxylic acids is 3. The summed E-state index contributed by atoms with van der Waals surface area (Å²) in [5.74, 6) is -0.934. The lowest BCUT2D eigenvalue weighted by molar-refractivity contribution is -0.160. The molecule has 0 aliphatic carbocycles. The number of carbonyl (C=O) groups is 3. The second kappa shape index (κ2) is 11.4. The molecular formula is C25H31N3O4. The number of rotatable bonds is 8. The Morgan fingerprint density at radius 1 is 0.906 bits per heavy atom. The van der Waals surface area contributed by atoms with Crippen LogP contribution in [0.25, 0.3) is 0 Å². The monoisotopic (exact) mass is 437 g/mol. The fourth-order valence-corrected chi connectivity index (χ4v) is 3.72. The molecule has 2 aromatic rings. The summed E-state index contributed by atoms with van der Waals surface area (Å²) < 4.78 is 5.35. The van der Waals surface area contributed by atoms with Crippen LogP contribution >= 0.6 is 0 Å². The molecule has 1 fully saturated rings. The summed E-state index contributed by atoms with van der Waals surface area (Å²) in [7, 11) is 0. The van der Waals surface area contributed by atoms with Gasteiger partial charge in [-0.05, 0) is 31.5 Å². The van der Waals surface area contributed by atoms with Crippen LogP contribution in [-0.4, -0.2) is 65.9 Å². The molecule has 1 aliphatic rings. The van der Waals surface area contributed by atoms with Crippen LogP contribution in [0.5, 0.6) is 0 Å². The predicted octanol–water partition coefficient (Wildman–Crippen LogP) is 2.47. The van der Waals surface area contributed by atoms with Gasteiger partial charge in [0.2, 0.25) is 0 Å². The minimum atomic E-state index is -0.847. The van der Waals surface area contributed by atoms with Gasteiger partial charge in [-0.25, -0.2) is 0 Å². The first-order valence-corrected chi connectivity index (χ1v) is 11.0. The second-order valence-corrected chi connectivity index (χ2v) is 8.16. The van der Waals surface area contributed by atoms with E-state index in [1.165, 1.54) is 5.56 Å². The minimum Gasteiger partial charge on any atom is -0.452 e. The van der Waals surface area contributed by atoms with Gasteiger partial charge in [-0.2, -0.15) is 0 Å². The second-order valence-electron chi connectivity index (χ2n) is 8.16. The summed E-state index contributed by atoms with van der Waals surface area (Å²) in [6.07, 6.45) is -0.846. The van der Waals surface area contributed by atoms with Gasteiger partial charge >= 0.3 is 5.97 Å². The zero-order valence-corrected chi connectivity index (χ0v) is 18.7. The highest BCUT2D eigenvalue weighted by molar-refractivity contribution is 5.94. The first-order valence-electron chi connectivity index (χ1n) is 11.0. The number of nitrogens with zero attached hydrogens (tertiary/aromatic N) is 2. The molecule has 32 heavy (non-hydrogen) atoms. The highest BCUT2D eigenvalue weighted by Crippen LogP contribution is 2.11. The Hall–Kier alpha value is -3.19. The summed E-state index contributed by atoms with van der Waals surface area (Å²) in [5.41, 5.74) is 1.78. The zero-order chi connectivity index (χ0) is 22.9. The third kappa shape index (κ3) is 6.92. The van der Waals surface area contributed by atoms with E-state index in [0.717, 1.165) is 19.6 Å². The lowest BCUT2D eigenvalue weighted by atomic mass is 10.2. The molecule has 7 heteroatoms. The maximum Gasteiger partial charge on any atom is 0.308 e. The molecule has 2 aromatic carbocycles. The Morgan fingerprint density at radius 2 is 1.50 bits per heavy atom. The Balaban J connectivity index is 1.39. The molecule has 1 saturated heterocycles. The van der Waals surface area contributed by atoms with Crippen molar-refractivity contribution in [2.45, 2.75) is 39.0 Å². The Kier molecular flexibility index (Phi) is 8.39. The van der Waals surface area contributed by atoms with Gasteiger partial charge in [0.05, 0.1) is 6.42 Å². The maximum absolute atomic E-state index is 12.7. The van der Waals surface area contributed by atoms with Crippen molar-refractivity contribution in [3.05, 3.63) is 71.8 Å². The van der Waals surface area contributed by atoms with Crippen LogP contribution in [0.15, 0.2) is 60.7 Å². The van der Waals surface area contributed by atoms with Gasteiger partial charge < -0.3 is 15.0 Å². The smallest absolute Gasteiger partial charge is 0.308 e. The molecule has 3 rings (SSSR count). The van der Waals surface area contributed by atoms with Gasteiger partial charge in [0.25, 0.3) is 11.8 Å². The normalized spacial score (nSPS) is 16.1. The first-order chi connectivity index (χ1) is 15.4. The van der Waals surface area contributed by atoms with Crippen molar-refractivity contribution in [3.63, 3.8) is 0 Å². The molecular weight excluding hydrogens is 406 g/mol. The van der Waals surface area contributed by atoms with Crippen LogP contribution in [-0.2, 0) is 20.9 Å². The molecule has 1 aliphatic heterocycles. The topological polar surface area (TPSA) is 79.0 Å². The zero-order valence-electron chi connectivity index (χ0n) is 18.7. The minimum absolute atomic E-state index is 0.00104.